The normalized spacial score (nSPS) is 10.1. The van der Waals surface area contributed by atoms with E-state index in [1.54, 1.807) is 6.07 Å². The largest absolute Gasteiger partial charge is 0.125 e. The van der Waals surface area contributed by atoms with Gasteiger partial charge in [-0.3, -0.25) is 0 Å². The zero-order chi connectivity index (χ0) is 9.84. The Morgan fingerprint density at radius 1 is 1.38 bits per heavy atom. The number of hydrogen-bond acceptors (Lipinski definition) is 2. The minimum absolute atomic E-state index is 0.573. The first kappa shape index (κ1) is 11.7. The highest BCUT2D eigenvalue weighted by atomic mass is 35.5. The van der Waals surface area contributed by atoms with Gasteiger partial charge in [-0.25, -0.2) is 0 Å². The van der Waals surface area contributed by atoms with Gasteiger partial charge in [-0.15, -0.1) is 24.4 Å². The van der Waals surface area contributed by atoms with E-state index in [-0.39, 0.29) is 0 Å². The van der Waals surface area contributed by atoms with Crippen molar-refractivity contribution in [1.82, 2.24) is 0 Å². The zero-order valence-corrected chi connectivity index (χ0v) is 10.5. The maximum atomic E-state index is 5.84. The number of thiocarbonyl (C=S) groups is 1. The van der Waals surface area contributed by atoms with Gasteiger partial charge < -0.3 is 0 Å². The first-order valence-electron chi connectivity index (χ1n) is 3.39. The number of thioether (sulfide) groups is 1. The topological polar surface area (TPSA) is 0 Å². The van der Waals surface area contributed by atoms with Gasteiger partial charge in [0.25, 0.3) is 0 Å². The smallest absolute Gasteiger partial charge is 0.101 e. The molecule has 13 heavy (non-hydrogen) atoms. The van der Waals surface area contributed by atoms with E-state index >= 15 is 0 Å². The third-order valence-corrected chi connectivity index (χ3v) is 3.55. The summed E-state index contributed by atoms with van der Waals surface area (Å²) >= 11 is 21.9. The van der Waals surface area contributed by atoms with Gasteiger partial charge in [0.15, 0.2) is 0 Å². The molecule has 0 bridgehead atoms. The van der Waals surface area contributed by atoms with Crippen LogP contribution in [0.15, 0.2) is 18.2 Å². The van der Waals surface area contributed by atoms with Gasteiger partial charge in [0, 0.05) is 5.75 Å². The second kappa shape index (κ2) is 5.47. The van der Waals surface area contributed by atoms with Gasteiger partial charge in [-0.1, -0.05) is 41.5 Å². The van der Waals surface area contributed by atoms with E-state index in [9.17, 15) is 0 Å². The molecule has 1 rings (SSSR count). The minimum atomic E-state index is 0.573. The molecule has 0 N–H and O–H groups in total. The van der Waals surface area contributed by atoms with Crippen LogP contribution >= 0.6 is 59.8 Å². The Labute approximate surface area is 102 Å². The number of hydrogen-bond donors (Lipinski definition) is 1. The Balaban J connectivity index is 2.68. The van der Waals surface area contributed by atoms with Crippen LogP contribution in [-0.4, -0.2) is 3.53 Å². The number of rotatable bonds is 2. The monoisotopic (exact) mass is 268 g/mol. The zero-order valence-electron chi connectivity index (χ0n) is 6.46. The summed E-state index contributed by atoms with van der Waals surface area (Å²) in [4.78, 5) is 0. The van der Waals surface area contributed by atoms with E-state index in [4.69, 9.17) is 35.4 Å². The Bertz CT molecular complexity index is 325. The molecule has 0 saturated heterocycles. The van der Waals surface area contributed by atoms with Crippen LogP contribution in [0.4, 0.5) is 0 Å². The molecule has 0 radical (unpaired) electrons. The van der Waals surface area contributed by atoms with E-state index in [0.717, 1.165) is 11.3 Å². The van der Waals surface area contributed by atoms with E-state index in [2.05, 4.69) is 12.6 Å². The molecule has 0 heterocycles. The molecule has 0 amide bonds. The standard InChI is InChI=1S/C8H6Cl2S3/c9-6-2-1-5(3-7(6)10)4-13-8(11)12/h1-3H,4H2,(H,11,12). The maximum absolute atomic E-state index is 5.84. The summed E-state index contributed by atoms with van der Waals surface area (Å²) in [5.74, 6) is 0.777. The molecule has 0 unspecified atom stereocenters. The van der Waals surface area contributed by atoms with Crippen LogP contribution in [-0.2, 0) is 5.75 Å². The molecule has 0 aromatic heterocycles. The van der Waals surface area contributed by atoms with Crippen LogP contribution in [0.5, 0.6) is 0 Å². The lowest BCUT2D eigenvalue weighted by molar-refractivity contribution is 1.43. The highest BCUT2D eigenvalue weighted by Gasteiger charge is 2.00. The Morgan fingerprint density at radius 3 is 2.62 bits per heavy atom. The summed E-state index contributed by atoms with van der Waals surface area (Å²) < 4.78 is 0.631. The fraction of sp³-hybridized carbons (Fsp3) is 0.125. The molecule has 0 aliphatic carbocycles. The van der Waals surface area contributed by atoms with Gasteiger partial charge in [-0.05, 0) is 17.7 Å². The lowest BCUT2D eigenvalue weighted by Gasteiger charge is -2.01. The SMILES string of the molecule is S=C(S)SCc1ccc(Cl)c(Cl)c1. The van der Waals surface area contributed by atoms with Gasteiger partial charge in [0.2, 0.25) is 0 Å². The van der Waals surface area contributed by atoms with E-state index in [0.29, 0.717) is 13.6 Å². The van der Waals surface area contributed by atoms with Crippen molar-refractivity contribution in [3.63, 3.8) is 0 Å². The van der Waals surface area contributed by atoms with Crippen LogP contribution in [0.3, 0.4) is 0 Å². The van der Waals surface area contributed by atoms with Gasteiger partial charge in [0.1, 0.15) is 3.53 Å². The second-order valence-corrected chi connectivity index (χ2v) is 5.82. The fourth-order valence-corrected chi connectivity index (χ4v) is 1.94. The van der Waals surface area contributed by atoms with Crippen LogP contribution in [0.25, 0.3) is 0 Å². The van der Waals surface area contributed by atoms with Gasteiger partial charge in [0.05, 0.1) is 10.0 Å². The Morgan fingerprint density at radius 2 is 2.08 bits per heavy atom. The number of thiol groups is 1. The molecule has 0 saturated carbocycles. The quantitative estimate of drug-likeness (QED) is 0.622. The minimum Gasteiger partial charge on any atom is -0.125 e. The molecule has 70 valence electrons. The first-order valence-corrected chi connectivity index (χ1v) is 5.99. The fourth-order valence-electron chi connectivity index (χ4n) is 0.774. The molecule has 0 fully saturated rings. The Hall–Kier alpha value is 0.590. The predicted molar refractivity (Wildman–Crippen MR) is 69.3 cm³/mol. The molecule has 0 aliphatic rings. The summed E-state index contributed by atoms with van der Waals surface area (Å²) in [5.41, 5.74) is 1.09. The van der Waals surface area contributed by atoms with Crippen LogP contribution in [0, 0.1) is 0 Å². The average Bonchev–Trinajstić information content (AvgIpc) is 2.07. The molecule has 1 aromatic carbocycles. The summed E-state index contributed by atoms with van der Waals surface area (Å²) in [5, 5.41) is 1.15. The molecule has 0 atom stereocenters. The molecule has 1 aromatic rings. The second-order valence-electron chi connectivity index (χ2n) is 2.30. The molecule has 0 aliphatic heterocycles. The third kappa shape index (κ3) is 4.09. The van der Waals surface area contributed by atoms with Crippen molar-refractivity contribution in [1.29, 1.82) is 0 Å². The number of benzene rings is 1. The van der Waals surface area contributed by atoms with E-state index in [1.807, 2.05) is 12.1 Å². The number of halogens is 2. The van der Waals surface area contributed by atoms with Crippen molar-refractivity contribution in [3.05, 3.63) is 33.8 Å². The third-order valence-electron chi connectivity index (χ3n) is 1.35. The highest BCUT2D eigenvalue weighted by Crippen LogP contribution is 2.25. The highest BCUT2D eigenvalue weighted by molar-refractivity contribution is 8.41. The van der Waals surface area contributed by atoms with E-state index in [1.165, 1.54) is 11.8 Å². The summed E-state index contributed by atoms with van der Waals surface area (Å²) in [6.07, 6.45) is 0. The maximum Gasteiger partial charge on any atom is 0.101 e. The molecule has 0 nitrogen and oxygen atoms in total. The van der Waals surface area contributed by atoms with Gasteiger partial charge in [-0.2, -0.15) is 0 Å². The predicted octanol–water partition coefficient (Wildman–Crippen LogP) is 4.44. The van der Waals surface area contributed by atoms with Crippen molar-refractivity contribution in [3.8, 4) is 0 Å². The average molecular weight is 269 g/mol. The van der Waals surface area contributed by atoms with Crippen molar-refractivity contribution in [2.75, 3.05) is 0 Å². The molecule has 5 heteroatoms. The molecular weight excluding hydrogens is 263 g/mol. The lowest BCUT2D eigenvalue weighted by atomic mass is 10.2. The summed E-state index contributed by atoms with van der Waals surface area (Å²) in [6.45, 7) is 0. The Kier molecular flexibility index (Phi) is 4.90. The van der Waals surface area contributed by atoms with Crippen LogP contribution in [0.2, 0.25) is 10.0 Å². The van der Waals surface area contributed by atoms with Crippen molar-refractivity contribution >= 4 is 63.3 Å². The molecular formula is C8H6Cl2S3. The first-order chi connectivity index (χ1) is 6.09. The van der Waals surface area contributed by atoms with Gasteiger partial charge >= 0.3 is 0 Å². The van der Waals surface area contributed by atoms with Crippen LogP contribution < -0.4 is 0 Å². The van der Waals surface area contributed by atoms with Crippen molar-refractivity contribution in [2.45, 2.75) is 5.75 Å². The summed E-state index contributed by atoms with van der Waals surface area (Å²) in [6, 6.07) is 5.54. The van der Waals surface area contributed by atoms with Crippen molar-refractivity contribution < 1.29 is 0 Å². The summed E-state index contributed by atoms with van der Waals surface area (Å²) in [7, 11) is 0. The van der Waals surface area contributed by atoms with E-state index < -0.39 is 0 Å². The molecule has 0 spiro atoms. The lowest BCUT2D eigenvalue weighted by Crippen LogP contribution is -1.82. The van der Waals surface area contributed by atoms with Crippen molar-refractivity contribution in [2.24, 2.45) is 0 Å². The van der Waals surface area contributed by atoms with Crippen LogP contribution in [0.1, 0.15) is 5.56 Å².